The number of aryl methyl sites for hydroxylation is 1. The molecule has 5 heteroatoms. The summed E-state index contributed by atoms with van der Waals surface area (Å²) in [6.45, 7) is 13.0. The lowest BCUT2D eigenvalue weighted by Crippen LogP contribution is -2.32. The number of rotatable bonds is 6. The third kappa shape index (κ3) is 4.88. The predicted octanol–water partition coefficient (Wildman–Crippen LogP) is 5.48. The Morgan fingerprint density at radius 2 is 1.73 bits per heavy atom. The Kier molecular flexibility index (Phi) is 7.13. The van der Waals surface area contributed by atoms with Gasteiger partial charge in [0.15, 0.2) is 0 Å². The zero-order valence-corrected chi connectivity index (χ0v) is 20.7. The lowest BCUT2D eigenvalue weighted by molar-refractivity contribution is -0.140. The van der Waals surface area contributed by atoms with E-state index >= 15 is 0 Å². The van der Waals surface area contributed by atoms with Crippen LogP contribution in [0.15, 0.2) is 48.0 Å². The number of Topliss-reactive ketones (excluding diaryl/α,β-unsaturated/α-hetero) is 1. The highest BCUT2D eigenvalue weighted by molar-refractivity contribution is 6.46. The van der Waals surface area contributed by atoms with Gasteiger partial charge in [-0.15, -0.1) is 0 Å². The minimum atomic E-state index is -0.668. The number of aliphatic hydroxyl groups is 1. The van der Waals surface area contributed by atoms with E-state index in [1.54, 1.807) is 7.11 Å². The molecule has 176 valence electrons. The number of likely N-dealkylation sites (tertiary alicyclic amines) is 1. The Balaban J connectivity index is 2.21. The summed E-state index contributed by atoms with van der Waals surface area (Å²) in [4.78, 5) is 27.7. The SMILES string of the molecule is COCCN1C(=O)C(=O)/C(=C(/O)c2cc(C(C)(C)C)ccc2C)C1c1ccc(C(C)C)cc1. The molecular weight excluding hydrogens is 414 g/mol. The van der Waals surface area contributed by atoms with E-state index in [2.05, 4.69) is 34.6 Å². The number of ether oxygens (including phenoxy) is 1. The highest BCUT2D eigenvalue weighted by Crippen LogP contribution is 2.40. The summed E-state index contributed by atoms with van der Waals surface area (Å²) in [7, 11) is 1.56. The summed E-state index contributed by atoms with van der Waals surface area (Å²) in [5.41, 5.74) is 4.43. The summed E-state index contributed by atoms with van der Waals surface area (Å²) in [6.07, 6.45) is 0. The number of carbonyl (C=O) groups excluding carboxylic acids is 2. The zero-order chi connectivity index (χ0) is 24.5. The van der Waals surface area contributed by atoms with E-state index in [-0.39, 0.29) is 23.3 Å². The molecule has 1 atom stereocenters. The van der Waals surface area contributed by atoms with Gasteiger partial charge in [0.1, 0.15) is 5.76 Å². The van der Waals surface area contributed by atoms with Crippen molar-refractivity contribution >= 4 is 17.4 Å². The maximum atomic E-state index is 13.2. The van der Waals surface area contributed by atoms with Gasteiger partial charge in [-0.2, -0.15) is 0 Å². The zero-order valence-electron chi connectivity index (χ0n) is 20.7. The van der Waals surface area contributed by atoms with Gasteiger partial charge in [-0.1, -0.05) is 71.0 Å². The molecule has 1 aliphatic rings. The van der Waals surface area contributed by atoms with Crippen LogP contribution in [0.2, 0.25) is 0 Å². The van der Waals surface area contributed by atoms with Crippen molar-refractivity contribution < 1.29 is 19.4 Å². The van der Waals surface area contributed by atoms with Crippen LogP contribution in [-0.2, 0) is 19.7 Å². The quantitative estimate of drug-likeness (QED) is 0.360. The molecule has 1 amide bonds. The van der Waals surface area contributed by atoms with Crippen molar-refractivity contribution in [3.8, 4) is 0 Å². The summed E-state index contributed by atoms with van der Waals surface area (Å²) in [5, 5.41) is 11.4. The normalized spacial score (nSPS) is 18.4. The minimum absolute atomic E-state index is 0.126. The second-order valence-electron chi connectivity index (χ2n) is 10.1. The lowest BCUT2D eigenvalue weighted by Gasteiger charge is -2.26. The van der Waals surface area contributed by atoms with E-state index in [4.69, 9.17) is 4.74 Å². The molecule has 3 rings (SSSR count). The number of nitrogens with zero attached hydrogens (tertiary/aromatic N) is 1. The number of aliphatic hydroxyl groups excluding tert-OH is 1. The minimum Gasteiger partial charge on any atom is -0.507 e. The van der Waals surface area contributed by atoms with Crippen molar-refractivity contribution in [3.05, 3.63) is 75.9 Å². The molecule has 1 unspecified atom stereocenters. The Morgan fingerprint density at radius 3 is 2.27 bits per heavy atom. The molecule has 1 heterocycles. The fourth-order valence-electron chi connectivity index (χ4n) is 4.20. The van der Waals surface area contributed by atoms with Crippen molar-refractivity contribution in [2.75, 3.05) is 20.3 Å². The van der Waals surface area contributed by atoms with Gasteiger partial charge in [-0.05, 0) is 46.6 Å². The molecule has 0 aliphatic carbocycles. The maximum Gasteiger partial charge on any atom is 0.295 e. The van der Waals surface area contributed by atoms with Crippen LogP contribution >= 0.6 is 0 Å². The molecule has 1 N–H and O–H groups in total. The van der Waals surface area contributed by atoms with E-state index in [1.165, 1.54) is 10.5 Å². The molecule has 0 aromatic heterocycles. The first-order chi connectivity index (χ1) is 15.5. The first-order valence-electron chi connectivity index (χ1n) is 11.5. The number of benzene rings is 2. The van der Waals surface area contributed by atoms with Gasteiger partial charge < -0.3 is 14.7 Å². The van der Waals surface area contributed by atoms with Crippen LogP contribution in [0.5, 0.6) is 0 Å². The van der Waals surface area contributed by atoms with E-state index in [0.717, 1.165) is 16.7 Å². The standard InChI is InChI=1S/C28H35NO4/c1-17(2)19-9-11-20(12-10-19)24-23(26(31)27(32)29(24)14-15-33-7)25(30)22-16-21(28(4,5)6)13-8-18(22)3/h8-13,16-17,24,30H,14-15H2,1-7H3/b25-23+. The van der Waals surface area contributed by atoms with Crippen molar-refractivity contribution in [2.45, 2.75) is 58.9 Å². The molecule has 1 saturated heterocycles. The number of hydrogen-bond donors (Lipinski definition) is 1. The van der Waals surface area contributed by atoms with Gasteiger partial charge in [0.25, 0.3) is 11.7 Å². The second-order valence-corrected chi connectivity index (χ2v) is 10.1. The van der Waals surface area contributed by atoms with Gasteiger partial charge in [0.05, 0.1) is 18.2 Å². The molecule has 5 nitrogen and oxygen atoms in total. The molecule has 0 radical (unpaired) electrons. The molecule has 0 bridgehead atoms. The smallest absolute Gasteiger partial charge is 0.295 e. The summed E-state index contributed by atoms with van der Waals surface area (Å²) < 4.78 is 5.19. The summed E-state index contributed by atoms with van der Waals surface area (Å²) in [6, 6.07) is 13.2. The Bertz CT molecular complexity index is 1070. The fourth-order valence-corrected chi connectivity index (χ4v) is 4.20. The van der Waals surface area contributed by atoms with Crippen LogP contribution in [0.25, 0.3) is 5.76 Å². The lowest BCUT2D eigenvalue weighted by atomic mass is 9.84. The molecule has 1 fully saturated rings. The highest BCUT2D eigenvalue weighted by Gasteiger charge is 2.46. The second kappa shape index (κ2) is 9.52. The average molecular weight is 450 g/mol. The number of amides is 1. The number of carbonyl (C=O) groups is 2. The van der Waals surface area contributed by atoms with E-state index in [9.17, 15) is 14.7 Å². The van der Waals surface area contributed by atoms with Gasteiger partial charge in [-0.3, -0.25) is 9.59 Å². The van der Waals surface area contributed by atoms with Crippen LogP contribution in [0, 0.1) is 6.92 Å². The highest BCUT2D eigenvalue weighted by atomic mass is 16.5. The third-order valence-corrected chi connectivity index (χ3v) is 6.35. The van der Waals surface area contributed by atoms with Gasteiger partial charge in [-0.25, -0.2) is 0 Å². The number of hydrogen-bond acceptors (Lipinski definition) is 4. The fraction of sp³-hybridized carbons (Fsp3) is 0.429. The molecular formula is C28H35NO4. The Morgan fingerprint density at radius 1 is 1.09 bits per heavy atom. The molecule has 0 saturated carbocycles. The topological polar surface area (TPSA) is 66.8 Å². The first kappa shape index (κ1) is 24.7. The number of methoxy groups -OCH3 is 1. The van der Waals surface area contributed by atoms with Crippen LogP contribution in [0.4, 0.5) is 0 Å². The predicted molar refractivity (Wildman–Crippen MR) is 131 cm³/mol. The van der Waals surface area contributed by atoms with E-state index in [1.807, 2.05) is 49.4 Å². The molecule has 0 spiro atoms. The molecule has 2 aromatic rings. The monoisotopic (exact) mass is 449 g/mol. The third-order valence-electron chi connectivity index (χ3n) is 6.35. The first-order valence-corrected chi connectivity index (χ1v) is 11.5. The van der Waals surface area contributed by atoms with Crippen molar-refractivity contribution in [3.63, 3.8) is 0 Å². The summed E-state index contributed by atoms with van der Waals surface area (Å²) >= 11 is 0. The molecule has 2 aromatic carbocycles. The van der Waals surface area contributed by atoms with Crippen LogP contribution < -0.4 is 0 Å². The molecule has 1 aliphatic heterocycles. The van der Waals surface area contributed by atoms with Gasteiger partial charge in [0, 0.05) is 19.2 Å². The van der Waals surface area contributed by atoms with Crippen molar-refractivity contribution in [1.29, 1.82) is 0 Å². The Labute approximate surface area is 197 Å². The van der Waals surface area contributed by atoms with Gasteiger partial charge in [0.2, 0.25) is 0 Å². The maximum absolute atomic E-state index is 13.2. The van der Waals surface area contributed by atoms with Crippen molar-refractivity contribution in [2.24, 2.45) is 0 Å². The van der Waals surface area contributed by atoms with Crippen molar-refractivity contribution in [1.82, 2.24) is 4.90 Å². The average Bonchev–Trinajstić information content (AvgIpc) is 3.01. The van der Waals surface area contributed by atoms with Crippen LogP contribution in [0.3, 0.4) is 0 Å². The number of ketones is 1. The molecule has 33 heavy (non-hydrogen) atoms. The van der Waals surface area contributed by atoms with Crippen LogP contribution in [-0.4, -0.2) is 42.0 Å². The van der Waals surface area contributed by atoms with E-state index in [0.29, 0.717) is 18.1 Å². The van der Waals surface area contributed by atoms with E-state index < -0.39 is 17.7 Å². The summed E-state index contributed by atoms with van der Waals surface area (Å²) in [5.74, 6) is -1.05. The Hall–Kier alpha value is -2.92. The van der Waals surface area contributed by atoms with Crippen LogP contribution in [0.1, 0.15) is 74.4 Å². The van der Waals surface area contributed by atoms with Gasteiger partial charge >= 0.3 is 0 Å². The largest absolute Gasteiger partial charge is 0.507 e.